The maximum absolute atomic E-state index is 10.9. The summed E-state index contributed by atoms with van der Waals surface area (Å²) in [5, 5.41) is 0. The molecule has 0 aliphatic heterocycles. The Morgan fingerprint density at radius 3 is 2.36 bits per heavy atom. The van der Waals surface area contributed by atoms with Crippen LogP contribution in [-0.2, 0) is 4.79 Å². The van der Waals surface area contributed by atoms with Crippen LogP contribution in [0.2, 0.25) is 0 Å². The SMILES string of the molecule is NC(=O)[C@H]1C2C=C[C@H](C2)[C@H]1N. The second kappa shape index (κ2) is 2.08. The van der Waals surface area contributed by atoms with Gasteiger partial charge in [-0.3, -0.25) is 4.79 Å². The number of allylic oxidation sites excluding steroid dienone is 1. The monoisotopic (exact) mass is 152 g/mol. The molecule has 0 heterocycles. The minimum atomic E-state index is -0.241. The molecular formula is C8H12N2O. The summed E-state index contributed by atoms with van der Waals surface area (Å²) in [6, 6.07) is -0.0255. The Morgan fingerprint density at radius 1 is 1.36 bits per heavy atom. The Labute approximate surface area is 65.4 Å². The highest BCUT2D eigenvalue weighted by atomic mass is 16.1. The van der Waals surface area contributed by atoms with Crippen molar-refractivity contribution in [1.82, 2.24) is 0 Å². The third-order valence-corrected chi connectivity index (χ3v) is 2.85. The number of nitrogens with two attached hydrogens (primary N) is 2. The van der Waals surface area contributed by atoms with Gasteiger partial charge in [-0.25, -0.2) is 0 Å². The predicted molar refractivity (Wildman–Crippen MR) is 41.4 cm³/mol. The molecule has 2 aliphatic rings. The van der Waals surface area contributed by atoms with Gasteiger partial charge in [0.1, 0.15) is 0 Å². The van der Waals surface area contributed by atoms with E-state index < -0.39 is 0 Å². The van der Waals surface area contributed by atoms with Gasteiger partial charge in [-0.05, 0) is 18.3 Å². The van der Waals surface area contributed by atoms with E-state index >= 15 is 0 Å². The summed E-state index contributed by atoms with van der Waals surface area (Å²) < 4.78 is 0. The van der Waals surface area contributed by atoms with Crippen LogP contribution in [0, 0.1) is 17.8 Å². The van der Waals surface area contributed by atoms with E-state index in [4.69, 9.17) is 11.5 Å². The van der Waals surface area contributed by atoms with Gasteiger partial charge in [-0.15, -0.1) is 0 Å². The Balaban J connectivity index is 2.25. The number of amides is 1. The van der Waals surface area contributed by atoms with Crippen LogP contribution >= 0.6 is 0 Å². The van der Waals surface area contributed by atoms with Gasteiger partial charge in [0, 0.05) is 6.04 Å². The fourth-order valence-electron chi connectivity index (χ4n) is 2.26. The van der Waals surface area contributed by atoms with E-state index in [0.717, 1.165) is 6.42 Å². The molecule has 2 rings (SSSR count). The molecule has 0 aromatic rings. The lowest BCUT2D eigenvalue weighted by molar-refractivity contribution is -0.122. The van der Waals surface area contributed by atoms with Gasteiger partial charge in [0.05, 0.1) is 5.92 Å². The first-order valence-electron chi connectivity index (χ1n) is 3.93. The molecule has 2 aliphatic carbocycles. The third kappa shape index (κ3) is 0.807. The van der Waals surface area contributed by atoms with Crippen molar-refractivity contribution in [1.29, 1.82) is 0 Å². The van der Waals surface area contributed by atoms with Gasteiger partial charge in [0.2, 0.25) is 5.91 Å². The van der Waals surface area contributed by atoms with E-state index in [1.807, 2.05) is 0 Å². The summed E-state index contributed by atoms with van der Waals surface area (Å²) in [6.45, 7) is 0. The number of fused-ring (bicyclic) bond motifs is 2. The van der Waals surface area contributed by atoms with Gasteiger partial charge in [-0.2, -0.15) is 0 Å². The first kappa shape index (κ1) is 6.85. The molecule has 0 aromatic heterocycles. The maximum Gasteiger partial charge on any atom is 0.222 e. The zero-order valence-corrected chi connectivity index (χ0v) is 6.23. The van der Waals surface area contributed by atoms with Gasteiger partial charge >= 0.3 is 0 Å². The Hall–Kier alpha value is -0.830. The molecule has 0 radical (unpaired) electrons. The lowest BCUT2D eigenvalue weighted by Crippen LogP contribution is -2.41. The van der Waals surface area contributed by atoms with Crippen molar-refractivity contribution >= 4 is 5.91 Å². The van der Waals surface area contributed by atoms with Crippen molar-refractivity contribution in [3.05, 3.63) is 12.2 Å². The molecule has 1 saturated carbocycles. The van der Waals surface area contributed by atoms with Gasteiger partial charge in [0.25, 0.3) is 0 Å². The predicted octanol–water partition coefficient (Wildman–Crippen LogP) is -0.379. The van der Waals surface area contributed by atoms with E-state index in [1.54, 1.807) is 0 Å². The molecule has 3 heteroatoms. The average Bonchev–Trinajstić information content (AvgIpc) is 2.44. The normalized spacial score (nSPS) is 46.6. The standard InChI is InChI=1S/C8H12N2O/c9-7-5-2-1-4(3-5)6(7)8(10)11/h1-2,4-7H,3,9H2,(H2,10,11)/t4?,5-,6+,7-/m1/s1. The van der Waals surface area contributed by atoms with E-state index in [0.29, 0.717) is 11.8 Å². The lowest BCUT2D eigenvalue weighted by Gasteiger charge is -2.20. The molecule has 2 bridgehead atoms. The molecule has 1 amide bonds. The molecule has 1 unspecified atom stereocenters. The molecule has 0 spiro atoms. The molecule has 60 valence electrons. The molecular weight excluding hydrogens is 140 g/mol. The summed E-state index contributed by atoms with van der Waals surface area (Å²) in [6.07, 6.45) is 5.20. The van der Waals surface area contributed by atoms with Crippen LogP contribution in [0.1, 0.15) is 6.42 Å². The number of carbonyl (C=O) groups is 1. The van der Waals surface area contributed by atoms with E-state index in [1.165, 1.54) is 0 Å². The first-order valence-corrected chi connectivity index (χ1v) is 3.93. The van der Waals surface area contributed by atoms with Gasteiger partial charge < -0.3 is 11.5 Å². The van der Waals surface area contributed by atoms with Gasteiger partial charge in [0.15, 0.2) is 0 Å². The molecule has 4 atom stereocenters. The van der Waals surface area contributed by atoms with Crippen molar-refractivity contribution in [3.63, 3.8) is 0 Å². The second-order valence-corrected chi connectivity index (χ2v) is 3.45. The first-order chi connectivity index (χ1) is 5.20. The number of hydrogen-bond donors (Lipinski definition) is 2. The van der Waals surface area contributed by atoms with Crippen molar-refractivity contribution in [3.8, 4) is 0 Å². The smallest absolute Gasteiger partial charge is 0.222 e. The Kier molecular flexibility index (Phi) is 1.29. The van der Waals surface area contributed by atoms with Crippen LogP contribution < -0.4 is 11.5 Å². The number of hydrogen-bond acceptors (Lipinski definition) is 2. The minimum Gasteiger partial charge on any atom is -0.369 e. The van der Waals surface area contributed by atoms with Crippen molar-refractivity contribution in [2.24, 2.45) is 29.2 Å². The largest absolute Gasteiger partial charge is 0.369 e. The Bertz CT molecular complexity index is 224. The quantitative estimate of drug-likeness (QED) is 0.503. The second-order valence-electron chi connectivity index (χ2n) is 3.45. The average molecular weight is 152 g/mol. The third-order valence-electron chi connectivity index (χ3n) is 2.85. The zero-order chi connectivity index (χ0) is 8.01. The number of rotatable bonds is 1. The van der Waals surface area contributed by atoms with Crippen molar-refractivity contribution in [2.45, 2.75) is 12.5 Å². The maximum atomic E-state index is 10.9. The topological polar surface area (TPSA) is 69.1 Å². The highest BCUT2D eigenvalue weighted by Gasteiger charge is 2.45. The van der Waals surface area contributed by atoms with Crippen LogP contribution in [0.25, 0.3) is 0 Å². The van der Waals surface area contributed by atoms with Crippen LogP contribution in [0.4, 0.5) is 0 Å². The van der Waals surface area contributed by atoms with E-state index in [2.05, 4.69) is 12.2 Å². The summed E-state index contributed by atoms with van der Waals surface area (Å²) in [5.74, 6) is 0.379. The molecule has 3 nitrogen and oxygen atoms in total. The Morgan fingerprint density at radius 2 is 2.00 bits per heavy atom. The minimum absolute atomic E-state index is 0.0255. The highest BCUT2D eigenvalue weighted by Crippen LogP contribution is 2.42. The van der Waals surface area contributed by atoms with Gasteiger partial charge in [-0.1, -0.05) is 12.2 Å². The fraction of sp³-hybridized carbons (Fsp3) is 0.625. The van der Waals surface area contributed by atoms with Crippen molar-refractivity contribution < 1.29 is 4.79 Å². The lowest BCUT2D eigenvalue weighted by atomic mass is 9.89. The van der Waals surface area contributed by atoms with Crippen LogP contribution in [0.5, 0.6) is 0 Å². The molecule has 1 fully saturated rings. The van der Waals surface area contributed by atoms with Crippen LogP contribution in [0.15, 0.2) is 12.2 Å². The van der Waals surface area contributed by atoms with Crippen molar-refractivity contribution in [2.75, 3.05) is 0 Å². The van der Waals surface area contributed by atoms with Crippen LogP contribution in [-0.4, -0.2) is 11.9 Å². The molecule has 0 aromatic carbocycles. The fourth-order valence-corrected chi connectivity index (χ4v) is 2.26. The highest BCUT2D eigenvalue weighted by molar-refractivity contribution is 5.79. The molecule has 4 N–H and O–H groups in total. The van der Waals surface area contributed by atoms with E-state index in [-0.39, 0.29) is 17.9 Å². The summed E-state index contributed by atoms with van der Waals surface area (Å²) >= 11 is 0. The zero-order valence-electron chi connectivity index (χ0n) is 6.23. The summed E-state index contributed by atoms with van der Waals surface area (Å²) in [5.41, 5.74) is 11.0. The number of carbonyl (C=O) groups excluding carboxylic acids is 1. The van der Waals surface area contributed by atoms with E-state index in [9.17, 15) is 4.79 Å². The molecule has 0 saturated heterocycles. The summed E-state index contributed by atoms with van der Waals surface area (Å²) in [4.78, 5) is 10.9. The molecule has 11 heavy (non-hydrogen) atoms. The number of primary amides is 1. The summed E-state index contributed by atoms with van der Waals surface area (Å²) in [7, 11) is 0. The van der Waals surface area contributed by atoms with Crippen LogP contribution in [0.3, 0.4) is 0 Å².